The first kappa shape index (κ1) is 19.6. The molecule has 0 aliphatic carbocycles. The second-order valence-electron chi connectivity index (χ2n) is 7.15. The van der Waals surface area contributed by atoms with E-state index in [0.29, 0.717) is 12.1 Å². The van der Waals surface area contributed by atoms with Crippen molar-refractivity contribution in [2.45, 2.75) is 19.9 Å². The fraction of sp³-hybridized carbons (Fsp3) is 0.154. The van der Waals surface area contributed by atoms with E-state index in [2.05, 4.69) is 36.5 Å². The number of benzene rings is 3. The van der Waals surface area contributed by atoms with Crippen molar-refractivity contribution in [3.05, 3.63) is 95.6 Å². The molecular formula is C26H24N2O2. The van der Waals surface area contributed by atoms with Crippen LogP contribution in [0, 0.1) is 0 Å². The van der Waals surface area contributed by atoms with Gasteiger partial charge in [-0.2, -0.15) is 0 Å². The molecule has 4 rings (SSSR count). The third-order valence-corrected chi connectivity index (χ3v) is 5.23. The van der Waals surface area contributed by atoms with Gasteiger partial charge in [0.15, 0.2) is 0 Å². The summed E-state index contributed by atoms with van der Waals surface area (Å²) < 4.78 is 5.19. The van der Waals surface area contributed by atoms with Gasteiger partial charge in [-0.3, -0.25) is 4.79 Å². The predicted molar refractivity (Wildman–Crippen MR) is 121 cm³/mol. The highest BCUT2D eigenvalue weighted by Crippen LogP contribution is 2.25. The molecule has 0 radical (unpaired) electrons. The zero-order chi connectivity index (χ0) is 20.9. The molecule has 4 nitrogen and oxygen atoms in total. The summed E-state index contributed by atoms with van der Waals surface area (Å²) in [5, 5.41) is 3.88. The van der Waals surface area contributed by atoms with E-state index in [1.54, 1.807) is 7.11 Å². The average molecular weight is 396 g/mol. The molecule has 3 aromatic carbocycles. The largest absolute Gasteiger partial charge is 0.497 e. The van der Waals surface area contributed by atoms with Gasteiger partial charge in [-0.15, -0.1) is 0 Å². The van der Waals surface area contributed by atoms with Gasteiger partial charge in [0, 0.05) is 17.5 Å². The SMILES string of the molecule is CCc1ccc(-c2cc(C(=O)NCc3ccc(OC)cc3)c3ccccc3n2)cc1. The van der Waals surface area contributed by atoms with E-state index >= 15 is 0 Å². The molecule has 150 valence electrons. The molecule has 0 fully saturated rings. The van der Waals surface area contributed by atoms with Crippen molar-refractivity contribution in [2.75, 3.05) is 7.11 Å². The van der Waals surface area contributed by atoms with E-state index in [9.17, 15) is 4.79 Å². The van der Waals surface area contributed by atoms with Crippen molar-refractivity contribution >= 4 is 16.8 Å². The summed E-state index contributed by atoms with van der Waals surface area (Å²) in [5.74, 6) is 0.680. The van der Waals surface area contributed by atoms with E-state index in [-0.39, 0.29) is 5.91 Å². The minimum atomic E-state index is -0.115. The maximum atomic E-state index is 13.1. The molecule has 30 heavy (non-hydrogen) atoms. The van der Waals surface area contributed by atoms with Gasteiger partial charge in [0.25, 0.3) is 5.91 Å². The quantitative estimate of drug-likeness (QED) is 0.475. The Balaban J connectivity index is 1.64. The van der Waals surface area contributed by atoms with Gasteiger partial charge in [-0.05, 0) is 41.8 Å². The maximum Gasteiger partial charge on any atom is 0.252 e. The molecule has 0 spiro atoms. The summed E-state index contributed by atoms with van der Waals surface area (Å²) in [6.45, 7) is 2.58. The predicted octanol–water partition coefficient (Wildman–Crippen LogP) is 5.40. The first-order valence-electron chi connectivity index (χ1n) is 10.1. The van der Waals surface area contributed by atoms with Crippen LogP contribution in [0.2, 0.25) is 0 Å². The normalized spacial score (nSPS) is 10.7. The van der Waals surface area contributed by atoms with Gasteiger partial charge < -0.3 is 10.1 Å². The van der Waals surface area contributed by atoms with Gasteiger partial charge in [-0.25, -0.2) is 4.98 Å². The highest BCUT2D eigenvalue weighted by molar-refractivity contribution is 6.07. The number of fused-ring (bicyclic) bond motifs is 1. The monoisotopic (exact) mass is 396 g/mol. The van der Waals surface area contributed by atoms with E-state index < -0.39 is 0 Å². The van der Waals surface area contributed by atoms with Crippen LogP contribution < -0.4 is 10.1 Å². The number of para-hydroxylation sites is 1. The summed E-state index contributed by atoms with van der Waals surface area (Å²) in [6.07, 6.45) is 0.991. The number of nitrogens with zero attached hydrogens (tertiary/aromatic N) is 1. The van der Waals surface area contributed by atoms with E-state index in [1.807, 2.05) is 54.6 Å². The second kappa shape index (κ2) is 8.78. The molecule has 1 N–H and O–H groups in total. The van der Waals surface area contributed by atoms with Crippen LogP contribution in [0.25, 0.3) is 22.2 Å². The molecule has 1 aromatic heterocycles. The molecule has 0 unspecified atom stereocenters. The summed E-state index contributed by atoms with van der Waals surface area (Å²) in [6, 6.07) is 25.7. The molecular weight excluding hydrogens is 372 g/mol. The lowest BCUT2D eigenvalue weighted by Gasteiger charge is -2.11. The number of amides is 1. The lowest BCUT2D eigenvalue weighted by molar-refractivity contribution is 0.0952. The Morgan fingerprint density at radius 3 is 2.33 bits per heavy atom. The fourth-order valence-electron chi connectivity index (χ4n) is 3.44. The highest BCUT2D eigenvalue weighted by atomic mass is 16.5. The Hall–Kier alpha value is -3.66. The summed E-state index contributed by atoms with van der Waals surface area (Å²) in [5.41, 5.74) is 5.52. The zero-order valence-electron chi connectivity index (χ0n) is 17.2. The molecule has 0 bridgehead atoms. The van der Waals surface area contributed by atoms with Gasteiger partial charge in [0.2, 0.25) is 0 Å². The van der Waals surface area contributed by atoms with Crippen molar-refractivity contribution in [3.63, 3.8) is 0 Å². The maximum absolute atomic E-state index is 13.1. The van der Waals surface area contributed by atoms with Crippen LogP contribution in [0.5, 0.6) is 5.75 Å². The topological polar surface area (TPSA) is 51.2 Å². The first-order valence-corrected chi connectivity index (χ1v) is 10.1. The van der Waals surface area contributed by atoms with Crippen molar-refractivity contribution in [3.8, 4) is 17.0 Å². The lowest BCUT2D eigenvalue weighted by atomic mass is 10.0. The minimum Gasteiger partial charge on any atom is -0.497 e. The van der Waals surface area contributed by atoms with Gasteiger partial charge in [0.1, 0.15) is 5.75 Å². The average Bonchev–Trinajstić information content (AvgIpc) is 2.82. The Morgan fingerprint density at radius 2 is 1.63 bits per heavy atom. The van der Waals surface area contributed by atoms with Crippen molar-refractivity contribution in [1.29, 1.82) is 0 Å². The molecule has 4 heteroatoms. The van der Waals surface area contributed by atoms with Crippen LogP contribution in [0.1, 0.15) is 28.4 Å². The summed E-state index contributed by atoms with van der Waals surface area (Å²) in [7, 11) is 1.64. The number of methoxy groups -OCH3 is 1. The molecule has 1 amide bonds. The zero-order valence-corrected chi connectivity index (χ0v) is 17.2. The van der Waals surface area contributed by atoms with E-state index in [0.717, 1.165) is 39.9 Å². The summed E-state index contributed by atoms with van der Waals surface area (Å²) >= 11 is 0. The number of pyridine rings is 1. The molecule has 4 aromatic rings. The standard InChI is InChI=1S/C26H24N2O2/c1-3-18-8-12-20(13-9-18)25-16-23(22-6-4-5-7-24(22)28-25)26(29)27-17-19-10-14-21(30-2)15-11-19/h4-16H,3,17H2,1-2H3,(H,27,29). The number of ether oxygens (including phenoxy) is 1. The van der Waals surface area contributed by atoms with Crippen LogP contribution in [-0.4, -0.2) is 18.0 Å². The Bertz CT molecular complexity index is 1170. The van der Waals surface area contributed by atoms with Crippen LogP contribution >= 0.6 is 0 Å². The molecule has 0 atom stereocenters. The lowest BCUT2D eigenvalue weighted by Crippen LogP contribution is -2.23. The van der Waals surface area contributed by atoms with Crippen LogP contribution in [-0.2, 0) is 13.0 Å². The number of aromatic nitrogens is 1. The van der Waals surface area contributed by atoms with Crippen LogP contribution in [0.4, 0.5) is 0 Å². The van der Waals surface area contributed by atoms with Crippen molar-refractivity contribution in [1.82, 2.24) is 10.3 Å². The number of carbonyl (C=O) groups is 1. The number of hydrogen-bond donors (Lipinski definition) is 1. The molecule has 0 aliphatic rings. The van der Waals surface area contributed by atoms with Crippen molar-refractivity contribution < 1.29 is 9.53 Å². The number of aryl methyl sites for hydroxylation is 1. The van der Waals surface area contributed by atoms with Gasteiger partial charge in [-0.1, -0.05) is 61.5 Å². The minimum absolute atomic E-state index is 0.115. The Kier molecular flexibility index (Phi) is 5.75. The van der Waals surface area contributed by atoms with Crippen LogP contribution in [0.15, 0.2) is 78.9 Å². The van der Waals surface area contributed by atoms with E-state index in [1.165, 1.54) is 5.56 Å². The molecule has 0 saturated carbocycles. The first-order chi connectivity index (χ1) is 14.7. The van der Waals surface area contributed by atoms with Gasteiger partial charge >= 0.3 is 0 Å². The van der Waals surface area contributed by atoms with E-state index in [4.69, 9.17) is 9.72 Å². The smallest absolute Gasteiger partial charge is 0.252 e. The number of hydrogen-bond acceptors (Lipinski definition) is 3. The number of carbonyl (C=O) groups excluding carboxylic acids is 1. The third-order valence-electron chi connectivity index (χ3n) is 5.23. The Labute approximate surface area is 176 Å². The van der Waals surface area contributed by atoms with Gasteiger partial charge in [0.05, 0.1) is 23.9 Å². The third kappa shape index (κ3) is 4.18. The number of nitrogens with one attached hydrogen (secondary N) is 1. The summed E-state index contributed by atoms with van der Waals surface area (Å²) in [4.78, 5) is 17.9. The van der Waals surface area contributed by atoms with Crippen LogP contribution in [0.3, 0.4) is 0 Å². The van der Waals surface area contributed by atoms with Crippen molar-refractivity contribution in [2.24, 2.45) is 0 Å². The highest BCUT2D eigenvalue weighted by Gasteiger charge is 2.14. The molecule has 0 aliphatic heterocycles. The second-order valence-corrected chi connectivity index (χ2v) is 7.15. The number of rotatable bonds is 6. The molecule has 0 saturated heterocycles. The Morgan fingerprint density at radius 1 is 0.933 bits per heavy atom. The fourth-order valence-corrected chi connectivity index (χ4v) is 3.44. The molecule has 1 heterocycles.